The van der Waals surface area contributed by atoms with E-state index in [0.717, 1.165) is 68.9 Å². The number of aryl methyl sites for hydroxylation is 1. The minimum atomic E-state index is -0.774. The molecule has 15 heteroatoms. The van der Waals surface area contributed by atoms with Gasteiger partial charge in [0.2, 0.25) is 0 Å². The van der Waals surface area contributed by atoms with Crippen molar-refractivity contribution in [1.82, 2.24) is 9.97 Å². The van der Waals surface area contributed by atoms with Crippen molar-refractivity contribution < 1.29 is 23.8 Å². The number of rotatable bonds is 44. The minimum Gasteiger partial charge on any atom is -0.494 e. The predicted octanol–water partition coefficient (Wildman–Crippen LogP) is 29.3. The number of carbonyl (C=O) groups is 2. The molecule has 12 aromatic rings. The second-order valence-electron chi connectivity index (χ2n) is 28.9. The molecule has 0 radical (unpaired) electrons. The summed E-state index contributed by atoms with van der Waals surface area (Å²) in [6.45, 7) is 11.2. The number of aldehydes is 2. The zero-order valence-electron chi connectivity index (χ0n) is 61.2. The van der Waals surface area contributed by atoms with Gasteiger partial charge in [0.05, 0.1) is 88.5 Å². The Kier molecular flexibility index (Phi) is 25.7. The number of hydrogen-bond donors (Lipinski definition) is 0. The van der Waals surface area contributed by atoms with E-state index in [2.05, 4.69) is 137 Å². The van der Waals surface area contributed by atoms with Crippen LogP contribution in [-0.2, 0) is 10.8 Å². The molecular weight excluding hydrogens is 1430 g/mol. The molecule has 544 valence electrons. The van der Waals surface area contributed by atoms with E-state index in [4.69, 9.17) is 24.2 Å². The lowest BCUT2D eigenvalue weighted by Gasteiger charge is -2.34. The van der Waals surface area contributed by atoms with Crippen LogP contribution in [0.15, 0.2) is 122 Å². The summed E-state index contributed by atoms with van der Waals surface area (Å²) in [5, 5.41) is 1.74. The third kappa shape index (κ3) is 15.6. The van der Waals surface area contributed by atoms with E-state index in [9.17, 15) is 9.59 Å². The van der Waals surface area contributed by atoms with Crippen molar-refractivity contribution in [3.05, 3.63) is 181 Å². The molecule has 0 amide bonds. The van der Waals surface area contributed by atoms with Gasteiger partial charge >= 0.3 is 0 Å². The van der Waals surface area contributed by atoms with Crippen LogP contribution in [0.25, 0.3) is 67.5 Å². The van der Waals surface area contributed by atoms with E-state index in [1.165, 1.54) is 294 Å². The number of unbranched alkanes of at least 4 members (excludes halogenated alkanes) is 27. The van der Waals surface area contributed by atoms with Crippen LogP contribution in [0.4, 0.5) is 0 Å². The molecule has 1 atom stereocenters. The Morgan fingerprint density at radius 2 is 0.606 bits per heavy atom. The van der Waals surface area contributed by atoms with E-state index in [-0.39, 0.29) is 0 Å². The highest BCUT2D eigenvalue weighted by Crippen LogP contribution is 2.72. The quantitative estimate of drug-likeness (QED) is 0.0278. The van der Waals surface area contributed by atoms with Crippen molar-refractivity contribution in [2.45, 2.75) is 231 Å². The maximum absolute atomic E-state index is 12.2. The zero-order chi connectivity index (χ0) is 71.2. The Bertz CT molecular complexity index is 4690. The first-order valence-electron chi connectivity index (χ1n) is 39.1. The molecule has 2 aliphatic carbocycles. The molecule has 4 aromatic carbocycles. The van der Waals surface area contributed by atoms with Gasteiger partial charge in [-0.3, -0.25) is 9.59 Å². The molecule has 0 bridgehead atoms. The van der Waals surface area contributed by atoms with E-state index in [1.54, 1.807) is 12.4 Å². The van der Waals surface area contributed by atoms with Crippen LogP contribution in [0.2, 0.25) is 0 Å². The fourth-order valence-electron chi connectivity index (χ4n) is 16.1. The highest BCUT2D eigenvalue weighted by Gasteiger charge is 2.56. The van der Waals surface area contributed by atoms with E-state index >= 15 is 0 Å². The SMILES string of the molecule is CCCCCCCCCCCCOc1ccc(C2(c3ccc(C)cc3)c3c(sc4cc(-c5ncc(C=O)s5)sc34)-c3sc4c5c(sc4c32)-c2sc3cc(-c4ncc(C=O)s4)sc3c2C5(c2ccc(OCCCCCCCCCCCC)cc2)c2ccc(OCCCCCCCCCCCC)cc2)cc1. The normalized spacial score (nSPS) is 14.3. The molecule has 0 saturated heterocycles. The van der Waals surface area contributed by atoms with Crippen molar-refractivity contribution in [2.24, 2.45) is 0 Å². The van der Waals surface area contributed by atoms with Crippen LogP contribution in [0.1, 0.15) is 283 Å². The van der Waals surface area contributed by atoms with Gasteiger partial charge in [-0.1, -0.05) is 260 Å². The number of ether oxygens (including phenoxy) is 3. The lowest BCUT2D eigenvalue weighted by atomic mass is 9.67. The number of benzene rings is 4. The fraction of sp³-hybridized carbons (Fsp3) is 0.438. The van der Waals surface area contributed by atoms with Gasteiger partial charge in [-0.05, 0) is 97.0 Å². The number of nitrogens with zero attached hydrogens (tertiary/aromatic N) is 2. The van der Waals surface area contributed by atoms with Crippen LogP contribution >= 0.6 is 90.7 Å². The Labute approximate surface area is 648 Å². The lowest BCUT2D eigenvalue weighted by molar-refractivity contribution is 0.111. The predicted molar refractivity (Wildman–Crippen MR) is 451 cm³/mol. The number of hydrogen-bond acceptors (Lipinski definition) is 15. The van der Waals surface area contributed by atoms with Gasteiger partial charge in [0.25, 0.3) is 0 Å². The van der Waals surface area contributed by atoms with Crippen molar-refractivity contribution in [1.29, 1.82) is 0 Å². The summed E-state index contributed by atoms with van der Waals surface area (Å²) in [6.07, 6.45) is 43.8. The van der Waals surface area contributed by atoms with Gasteiger partial charge in [-0.2, -0.15) is 0 Å². The summed E-state index contributed by atoms with van der Waals surface area (Å²) in [6, 6.07) is 41.8. The molecule has 8 aromatic heterocycles. The van der Waals surface area contributed by atoms with Gasteiger partial charge in [-0.25, -0.2) is 9.97 Å². The Hall–Kier alpha value is -6.14. The average molecular weight is 1530 g/mol. The summed E-state index contributed by atoms with van der Waals surface area (Å²) in [4.78, 5) is 42.7. The summed E-state index contributed by atoms with van der Waals surface area (Å²) in [5.74, 6) is 2.70. The molecule has 0 fully saturated rings. The number of fused-ring (bicyclic) bond motifs is 13. The van der Waals surface area contributed by atoms with Crippen molar-refractivity contribution in [3.8, 4) is 56.5 Å². The van der Waals surface area contributed by atoms with Crippen molar-refractivity contribution >= 4 is 131 Å². The van der Waals surface area contributed by atoms with Gasteiger partial charge in [0.15, 0.2) is 12.6 Å². The van der Waals surface area contributed by atoms with Crippen molar-refractivity contribution in [3.63, 3.8) is 0 Å². The van der Waals surface area contributed by atoms with Gasteiger partial charge < -0.3 is 14.2 Å². The number of carbonyl (C=O) groups excluding carboxylic acids is 2. The van der Waals surface area contributed by atoms with Crippen LogP contribution in [0.3, 0.4) is 0 Å². The van der Waals surface area contributed by atoms with Gasteiger partial charge in [-0.15, -0.1) is 90.7 Å². The highest BCUT2D eigenvalue weighted by atomic mass is 32.1. The molecule has 0 spiro atoms. The summed E-state index contributed by atoms with van der Waals surface area (Å²) in [5.41, 5.74) is 9.91. The molecule has 104 heavy (non-hydrogen) atoms. The molecule has 0 saturated carbocycles. The molecule has 0 aliphatic heterocycles. The smallest absolute Gasteiger partial charge is 0.161 e. The molecule has 7 nitrogen and oxygen atoms in total. The molecule has 0 N–H and O–H groups in total. The maximum atomic E-state index is 12.2. The van der Waals surface area contributed by atoms with E-state index < -0.39 is 10.8 Å². The standard InChI is InChI=1S/C89H100N2O5S8/c1-5-8-11-14-17-20-23-26-29-32-51-94-65-45-39-62(40-46-65)88(61-37-35-60(4)36-38-61)74-78-70(54-72(101-78)86-90-56-68(58-92)97-86)99-80(74)82-76(88)84-85(103-82)77-83(104-84)81-75(79-71(100-81)55-73(102-79)87-91-57-69(59-93)98-87)89(77,63-41-47-66(48-42-63)95-52-33-30-27-24-21-18-15-12-9-6-2)64-43-49-67(50-44-64)96-53-34-31-28-25-22-19-16-13-10-7-3/h35-50,54-59H,5-34,51-53H2,1-4H3. The summed E-state index contributed by atoms with van der Waals surface area (Å²) < 4.78 is 27.7. The molecule has 8 heterocycles. The largest absolute Gasteiger partial charge is 0.494 e. The zero-order valence-corrected chi connectivity index (χ0v) is 67.8. The second kappa shape index (κ2) is 35.7. The molecular formula is C89H100N2O5S8. The lowest BCUT2D eigenvalue weighted by Crippen LogP contribution is -2.29. The molecule has 14 rings (SSSR count). The van der Waals surface area contributed by atoms with Crippen LogP contribution in [0, 0.1) is 6.92 Å². The second-order valence-corrected chi connectivity index (χ2v) is 37.3. The average Bonchev–Trinajstić information content (AvgIpc) is 1.45. The van der Waals surface area contributed by atoms with Crippen LogP contribution < -0.4 is 14.2 Å². The number of thiophene rings is 6. The van der Waals surface area contributed by atoms with Crippen LogP contribution in [0.5, 0.6) is 17.2 Å². The summed E-state index contributed by atoms with van der Waals surface area (Å²) in [7, 11) is 0. The summed E-state index contributed by atoms with van der Waals surface area (Å²) >= 11 is 14.4. The number of aromatic nitrogens is 2. The molecule has 2 aliphatic rings. The first kappa shape index (κ1) is 74.7. The van der Waals surface area contributed by atoms with Gasteiger partial charge in [0, 0.05) is 44.0 Å². The Morgan fingerprint density at radius 1 is 0.327 bits per heavy atom. The highest BCUT2D eigenvalue weighted by molar-refractivity contribution is 7.38. The molecule has 1 unspecified atom stereocenters. The van der Waals surface area contributed by atoms with Crippen LogP contribution in [-0.4, -0.2) is 42.4 Å². The topological polar surface area (TPSA) is 87.6 Å². The van der Waals surface area contributed by atoms with E-state index in [1.807, 2.05) is 68.0 Å². The van der Waals surface area contributed by atoms with Crippen molar-refractivity contribution in [2.75, 3.05) is 19.8 Å². The Balaban J connectivity index is 0.890. The fourth-order valence-corrected chi connectivity index (χ4v) is 26.6. The first-order chi connectivity index (χ1) is 51.3. The monoisotopic (exact) mass is 1530 g/mol. The third-order valence-corrected chi connectivity index (χ3v) is 31.4. The third-order valence-electron chi connectivity index (χ3n) is 21.5. The maximum Gasteiger partial charge on any atom is 0.161 e. The van der Waals surface area contributed by atoms with Gasteiger partial charge in [0.1, 0.15) is 27.3 Å². The number of thiazole rings is 2. The van der Waals surface area contributed by atoms with E-state index in [0.29, 0.717) is 29.6 Å². The Morgan fingerprint density at radius 3 is 0.904 bits per heavy atom. The minimum absolute atomic E-state index is 0.630. The first-order valence-corrected chi connectivity index (χ1v) is 45.7.